The van der Waals surface area contributed by atoms with Crippen LogP contribution in [0, 0.1) is 0 Å². The fourth-order valence-corrected chi connectivity index (χ4v) is 4.09. The number of nitrogens with zero attached hydrogens (tertiary/aromatic N) is 1. The number of para-hydroxylation sites is 1. The van der Waals surface area contributed by atoms with E-state index in [9.17, 15) is 14.4 Å². The van der Waals surface area contributed by atoms with Gasteiger partial charge in [0.2, 0.25) is 11.8 Å². The first-order valence-electron chi connectivity index (χ1n) is 10.7. The van der Waals surface area contributed by atoms with E-state index >= 15 is 0 Å². The lowest BCUT2D eigenvalue weighted by Gasteiger charge is -2.15. The van der Waals surface area contributed by atoms with Crippen molar-refractivity contribution >= 4 is 40.0 Å². The third-order valence-electron chi connectivity index (χ3n) is 5.72. The lowest BCUT2D eigenvalue weighted by atomic mass is 10.1. The van der Waals surface area contributed by atoms with E-state index in [2.05, 4.69) is 32.7 Å². The lowest BCUT2D eigenvalue weighted by molar-refractivity contribution is -0.122. The van der Waals surface area contributed by atoms with Crippen molar-refractivity contribution in [3.05, 3.63) is 96.2 Å². The van der Waals surface area contributed by atoms with Crippen LogP contribution in [0.1, 0.15) is 22.3 Å². The number of benzene rings is 3. The van der Waals surface area contributed by atoms with Crippen molar-refractivity contribution < 1.29 is 14.4 Å². The van der Waals surface area contributed by atoms with Crippen molar-refractivity contribution in [2.24, 2.45) is 0 Å². The molecule has 2 heterocycles. The second-order valence-electron chi connectivity index (χ2n) is 7.98. The number of aromatic nitrogens is 1. The molecular weight excluding hydrogens is 416 g/mol. The zero-order valence-corrected chi connectivity index (χ0v) is 17.7. The van der Waals surface area contributed by atoms with Crippen molar-refractivity contribution in [2.75, 3.05) is 10.6 Å². The monoisotopic (exact) mass is 438 g/mol. The fraction of sp³-hybridized carbons (Fsp3) is 0.115. The molecule has 7 heteroatoms. The largest absolute Gasteiger partial charge is 0.343 e. The van der Waals surface area contributed by atoms with Crippen LogP contribution in [-0.2, 0) is 16.1 Å². The summed E-state index contributed by atoms with van der Waals surface area (Å²) in [6.45, 7) is 0.719. The molecule has 3 amide bonds. The predicted molar refractivity (Wildman–Crippen MR) is 127 cm³/mol. The van der Waals surface area contributed by atoms with E-state index in [-0.39, 0.29) is 18.2 Å². The Balaban J connectivity index is 1.31. The van der Waals surface area contributed by atoms with Crippen LogP contribution in [0.4, 0.5) is 11.4 Å². The summed E-state index contributed by atoms with van der Waals surface area (Å²) in [6.07, 6.45) is 1.82. The van der Waals surface area contributed by atoms with Crippen LogP contribution in [-0.4, -0.2) is 28.3 Å². The first-order valence-corrected chi connectivity index (χ1v) is 10.7. The molecule has 164 valence electrons. The highest BCUT2D eigenvalue weighted by atomic mass is 16.2. The number of fused-ring (bicyclic) bond motifs is 2. The smallest absolute Gasteiger partial charge is 0.254 e. The van der Waals surface area contributed by atoms with Crippen LogP contribution < -0.4 is 16.0 Å². The minimum atomic E-state index is -0.966. The summed E-state index contributed by atoms with van der Waals surface area (Å²) in [5, 5.41) is 9.19. The van der Waals surface area contributed by atoms with E-state index in [1.807, 2.05) is 48.7 Å². The van der Waals surface area contributed by atoms with Crippen LogP contribution in [0.3, 0.4) is 0 Å². The molecule has 0 aliphatic carbocycles. The second kappa shape index (κ2) is 8.63. The Kier molecular flexibility index (Phi) is 5.36. The van der Waals surface area contributed by atoms with Crippen LogP contribution in [0.15, 0.2) is 85.1 Å². The van der Waals surface area contributed by atoms with Gasteiger partial charge in [0, 0.05) is 18.1 Å². The summed E-state index contributed by atoms with van der Waals surface area (Å²) in [6, 6.07) is 23.6. The number of hydrogen-bond donors (Lipinski definition) is 3. The highest BCUT2D eigenvalue weighted by Gasteiger charge is 2.29. The molecular formula is C26H22N4O3. The van der Waals surface area contributed by atoms with E-state index < -0.39 is 11.9 Å². The SMILES string of the molecule is O=C(C[C@@H]1NC(=O)c2ccccc2NC1=O)Nc1cccc2c1ccn2Cc1ccccc1. The summed E-state index contributed by atoms with van der Waals surface area (Å²) in [4.78, 5) is 37.9. The third kappa shape index (κ3) is 4.21. The summed E-state index contributed by atoms with van der Waals surface area (Å²) in [7, 11) is 0. The molecule has 0 bridgehead atoms. The molecule has 0 spiro atoms. The van der Waals surface area contributed by atoms with Gasteiger partial charge in [0.15, 0.2) is 0 Å². The van der Waals surface area contributed by atoms with E-state index in [0.29, 0.717) is 16.9 Å². The number of hydrogen-bond acceptors (Lipinski definition) is 3. The molecule has 1 atom stereocenters. The maximum atomic E-state index is 12.8. The topological polar surface area (TPSA) is 92.2 Å². The molecule has 0 radical (unpaired) electrons. The first-order chi connectivity index (χ1) is 16.1. The van der Waals surface area contributed by atoms with Crippen molar-refractivity contribution in [1.29, 1.82) is 0 Å². The molecule has 1 aliphatic heterocycles. The molecule has 0 unspecified atom stereocenters. The minimum Gasteiger partial charge on any atom is -0.343 e. The standard InChI is InChI=1S/C26H22N4O3/c31-24(15-22-26(33)28-21-10-5-4-9-19(21)25(32)29-22)27-20-11-6-12-23-18(20)13-14-30(23)16-17-7-2-1-3-8-17/h1-14,22H,15-16H2,(H,27,31)(H,28,33)(H,29,32)/t22-/m0/s1. The Bertz CT molecular complexity index is 1360. The lowest BCUT2D eigenvalue weighted by Crippen LogP contribution is -2.43. The molecule has 0 saturated carbocycles. The van der Waals surface area contributed by atoms with Gasteiger partial charge < -0.3 is 20.5 Å². The van der Waals surface area contributed by atoms with Crippen LogP contribution in [0.25, 0.3) is 10.9 Å². The summed E-state index contributed by atoms with van der Waals surface area (Å²) in [5.74, 6) is -1.16. The Morgan fingerprint density at radius 3 is 2.55 bits per heavy atom. The maximum Gasteiger partial charge on any atom is 0.254 e. The van der Waals surface area contributed by atoms with Gasteiger partial charge in [-0.15, -0.1) is 0 Å². The van der Waals surface area contributed by atoms with E-state index in [4.69, 9.17) is 0 Å². The summed E-state index contributed by atoms with van der Waals surface area (Å²) in [5.41, 5.74) is 3.65. The average molecular weight is 438 g/mol. The predicted octanol–water partition coefficient (Wildman–Crippen LogP) is 3.77. The highest BCUT2D eigenvalue weighted by Crippen LogP contribution is 2.26. The van der Waals surface area contributed by atoms with Crippen molar-refractivity contribution in [3.8, 4) is 0 Å². The van der Waals surface area contributed by atoms with Gasteiger partial charge in [-0.3, -0.25) is 14.4 Å². The Hall–Kier alpha value is -4.39. The summed E-state index contributed by atoms with van der Waals surface area (Å²) >= 11 is 0. The number of nitrogens with one attached hydrogen (secondary N) is 3. The van der Waals surface area contributed by atoms with Crippen molar-refractivity contribution in [1.82, 2.24) is 9.88 Å². The molecule has 3 N–H and O–H groups in total. The maximum absolute atomic E-state index is 12.8. The van der Waals surface area contributed by atoms with Gasteiger partial charge in [-0.2, -0.15) is 0 Å². The first kappa shape index (κ1) is 20.5. The Morgan fingerprint density at radius 2 is 1.70 bits per heavy atom. The molecule has 0 fully saturated rings. The Labute approximate surface area is 190 Å². The minimum absolute atomic E-state index is 0.174. The number of carbonyl (C=O) groups is 3. The van der Waals surface area contributed by atoms with Gasteiger partial charge in [-0.1, -0.05) is 48.5 Å². The zero-order valence-electron chi connectivity index (χ0n) is 17.7. The van der Waals surface area contributed by atoms with E-state index in [0.717, 1.165) is 17.4 Å². The molecule has 7 nitrogen and oxygen atoms in total. The van der Waals surface area contributed by atoms with Crippen LogP contribution in [0.5, 0.6) is 0 Å². The molecule has 33 heavy (non-hydrogen) atoms. The van der Waals surface area contributed by atoms with Gasteiger partial charge in [0.05, 0.1) is 28.9 Å². The number of rotatable bonds is 5. The molecule has 1 aliphatic rings. The second-order valence-corrected chi connectivity index (χ2v) is 7.98. The number of amides is 3. The summed E-state index contributed by atoms with van der Waals surface area (Å²) < 4.78 is 2.12. The van der Waals surface area contributed by atoms with Gasteiger partial charge in [0.25, 0.3) is 5.91 Å². The molecule has 5 rings (SSSR count). The molecule has 1 aromatic heterocycles. The zero-order chi connectivity index (χ0) is 22.8. The molecule has 0 saturated heterocycles. The molecule has 4 aromatic rings. The van der Waals surface area contributed by atoms with E-state index in [1.54, 1.807) is 24.3 Å². The van der Waals surface area contributed by atoms with Crippen LogP contribution in [0.2, 0.25) is 0 Å². The average Bonchev–Trinajstić information content (AvgIpc) is 3.18. The van der Waals surface area contributed by atoms with Crippen molar-refractivity contribution in [2.45, 2.75) is 19.0 Å². The fourth-order valence-electron chi connectivity index (χ4n) is 4.09. The van der Waals surface area contributed by atoms with Gasteiger partial charge in [-0.05, 0) is 35.9 Å². The Morgan fingerprint density at radius 1 is 0.909 bits per heavy atom. The normalized spacial score (nSPS) is 15.3. The van der Waals surface area contributed by atoms with Crippen molar-refractivity contribution in [3.63, 3.8) is 0 Å². The van der Waals surface area contributed by atoms with Gasteiger partial charge >= 0.3 is 0 Å². The van der Waals surface area contributed by atoms with Gasteiger partial charge in [0.1, 0.15) is 6.04 Å². The van der Waals surface area contributed by atoms with Crippen LogP contribution >= 0.6 is 0 Å². The molecule has 3 aromatic carbocycles. The van der Waals surface area contributed by atoms with E-state index in [1.165, 1.54) is 5.56 Å². The quantitative estimate of drug-likeness (QED) is 0.443. The highest BCUT2D eigenvalue weighted by molar-refractivity contribution is 6.11. The number of carbonyl (C=O) groups excluding carboxylic acids is 3. The third-order valence-corrected chi connectivity index (χ3v) is 5.72. The van der Waals surface area contributed by atoms with Gasteiger partial charge in [-0.25, -0.2) is 0 Å². The number of anilines is 2.